The molecule has 4 nitrogen and oxygen atoms in total. The second-order valence-electron chi connectivity index (χ2n) is 5.05. The molecular formula is C17H21NO3. The van der Waals surface area contributed by atoms with E-state index in [4.69, 9.17) is 9.84 Å². The molecule has 1 atom stereocenters. The molecule has 1 aromatic rings. The van der Waals surface area contributed by atoms with E-state index < -0.39 is 0 Å². The number of aliphatic hydroxyl groups is 1. The zero-order valence-corrected chi connectivity index (χ0v) is 12.1. The van der Waals surface area contributed by atoms with Crippen LogP contribution < -0.4 is 5.32 Å². The molecule has 21 heavy (non-hydrogen) atoms. The smallest absolute Gasteiger partial charge is 0.222 e. The molecule has 0 radical (unpaired) electrons. The number of hydrogen-bond acceptors (Lipinski definition) is 3. The third kappa shape index (κ3) is 5.22. The topological polar surface area (TPSA) is 58.6 Å². The highest BCUT2D eigenvalue weighted by atomic mass is 16.5. The average molecular weight is 287 g/mol. The lowest BCUT2D eigenvalue weighted by molar-refractivity contribution is -0.123. The van der Waals surface area contributed by atoms with Crippen LogP contribution in [0.25, 0.3) is 0 Å². The van der Waals surface area contributed by atoms with Gasteiger partial charge in [0.15, 0.2) is 0 Å². The van der Waals surface area contributed by atoms with E-state index in [0.29, 0.717) is 19.4 Å². The molecular weight excluding hydrogens is 266 g/mol. The van der Waals surface area contributed by atoms with Crippen molar-refractivity contribution in [2.24, 2.45) is 0 Å². The second-order valence-corrected chi connectivity index (χ2v) is 5.05. The first-order chi connectivity index (χ1) is 10.3. The van der Waals surface area contributed by atoms with Crippen LogP contribution in [0.4, 0.5) is 0 Å². The molecule has 1 aromatic carbocycles. The van der Waals surface area contributed by atoms with Crippen molar-refractivity contribution in [1.29, 1.82) is 0 Å². The van der Waals surface area contributed by atoms with Gasteiger partial charge in [-0.15, -0.1) is 0 Å². The Morgan fingerprint density at radius 2 is 2.29 bits per heavy atom. The van der Waals surface area contributed by atoms with Gasteiger partial charge >= 0.3 is 0 Å². The fourth-order valence-electron chi connectivity index (χ4n) is 2.29. The molecule has 2 rings (SSSR count). The minimum Gasteiger partial charge on any atom is -0.395 e. The number of amides is 1. The first-order valence-corrected chi connectivity index (χ1v) is 7.35. The summed E-state index contributed by atoms with van der Waals surface area (Å²) in [5.74, 6) is 5.94. The number of carbonyl (C=O) groups excluding carboxylic acids is 1. The summed E-state index contributed by atoms with van der Waals surface area (Å²) in [6, 6.07) is 7.72. The van der Waals surface area contributed by atoms with Gasteiger partial charge in [0.1, 0.15) is 0 Å². The third-order valence-electron chi connectivity index (χ3n) is 3.39. The van der Waals surface area contributed by atoms with Gasteiger partial charge in [0.25, 0.3) is 0 Å². The molecule has 0 bridgehead atoms. The van der Waals surface area contributed by atoms with Crippen LogP contribution in [-0.4, -0.2) is 30.3 Å². The Morgan fingerprint density at radius 3 is 3.05 bits per heavy atom. The number of hydrogen-bond donors (Lipinski definition) is 2. The van der Waals surface area contributed by atoms with Crippen molar-refractivity contribution in [1.82, 2.24) is 5.32 Å². The molecule has 0 aliphatic carbocycles. The van der Waals surface area contributed by atoms with Crippen LogP contribution in [0.2, 0.25) is 0 Å². The van der Waals surface area contributed by atoms with Gasteiger partial charge in [-0.2, -0.15) is 0 Å². The van der Waals surface area contributed by atoms with Crippen LogP contribution in [0.3, 0.4) is 0 Å². The second kappa shape index (κ2) is 8.46. The minimum atomic E-state index is 0.0139. The number of rotatable bonds is 5. The first-order valence-electron chi connectivity index (χ1n) is 7.35. The molecule has 1 amide bonds. The fraction of sp³-hybridized carbons (Fsp3) is 0.471. The van der Waals surface area contributed by atoms with E-state index in [1.165, 1.54) is 0 Å². The fourth-order valence-corrected chi connectivity index (χ4v) is 2.29. The van der Waals surface area contributed by atoms with Crippen LogP contribution in [0.1, 0.15) is 36.8 Å². The molecule has 2 N–H and O–H groups in total. The van der Waals surface area contributed by atoms with Crippen LogP contribution in [0, 0.1) is 11.8 Å². The Kier molecular flexibility index (Phi) is 6.26. The summed E-state index contributed by atoms with van der Waals surface area (Å²) >= 11 is 0. The summed E-state index contributed by atoms with van der Waals surface area (Å²) in [6.45, 7) is 1.30. The maximum Gasteiger partial charge on any atom is 0.222 e. The monoisotopic (exact) mass is 287 g/mol. The number of ether oxygens (including phenoxy) is 1. The lowest BCUT2D eigenvalue weighted by Crippen LogP contribution is -2.27. The van der Waals surface area contributed by atoms with Crippen molar-refractivity contribution in [3.63, 3.8) is 0 Å². The van der Waals surface area contributed by atoms with Gasteiger partial charge in [0.2, 0.25) is 5.91 Å². The summed E-state index contributed by atoms with van der Waals surface area (Å²) in [6.07, 6.45) is 2.97. The molecule has 4 heteroatoms. The normalized spacial score (nSPS) is 17.1. The molecule has 112 valence electrons. The summed E-state index contributed by atoms with van der Waals surface area (Å²) < 4.78 is 5.46. The summed E-state index contributed by atoms with van der Waals surface area (Å²) in [7, 11) is 0. The lowest BCUT2D eigenvalue weighted by Gasteiger charge is -2.10. The predicted octanol–water partition coefficient (Wildman–Crippen LogP) is 1.61. The zero-order valence-electron chi connectivity index (χ0n) is 12.1. The third-order valence-corrected chi connectivity index (χ3v) is 3.39. The lowest BCUT2D eigenvalue weighted by atomic mass is 10.1. The van der Waals surface area contributed by atoms with Gasteiger partial charge in [-0.05, 0) is 24.5 Å². The van der Waals surface area contributed by atoms with Gasteiger partial charge in [-0.1, -0.05) is 30.0 Å². The Hall–Kier alpha value is -1.83. The Morgan fingerprint density at radius 1 is 1.43 bits per heavy atom. The van der Waals surface area contributed by atoms with Gasteiger partial charge in [-0.3, -0.25) is 4.79 Å². The van der Waals surface area contributed by atoms with Gasteiger partial charge in [-0.25, -0.2) is 0 Å². The SMILES string of the molecule is O=C(CC1CCCO1)NCc1ccccc1C#CCCO. The van der Waals surface area contributed by atoms with Crippen molar-refractivity contribution >= 4 is 5.91 Å². The average Bonchev–Trinajstić information content (AvgIpc) is 2.99. The van der Waals surface area contributed by atoms with Crippen LogP contribution in [-0.2, 0) is 16.1 Å². The van der Waals surface area contributed by atoms with E-state index in [0.717, 1.165) is 30.6 Å². The van der Waals surface area contributed by atoms with Crippen molar-refractivity contribution < 1.29 is 14.6 Å². The number of benzene rings is 1. The van der Waals surface area contributed by atoms with Gasteiger partial charge in [0.05, 0.1) is 19.1 Å². The van der Waals surface area contributed by atoms with Crippen molar-refractivity contribution in [3.8, 4) is 11.8 Å². The first kappa shape index (κ1) is 15.6. The van der Waals surface area contributed by atoms with E-state index in [1.807, 2.05) is 24.3 Å². The van der Waals surface area contributed by atoms with E-state index in [1.54, 1.807) is 0 Å². The van der Waals surface area contributed by atoms with E-state index >= 15 is 0 Å². The molecule has 1 saturated heterocycles. The molecule has 0 spiro atoms. The number of carbonyl (C=O) groups is 1. The predicted molar refractivity (Wildman–Crippen MR) is 80.5 cm³/mol. The van der Waals surface area contributed by atoms with Crippen LogP contribution in [0.5, 0.6) is 0 Å². The highest BCUT2D eigenvalue weighted by molar-refractivity contribution is 5.76. The largest absolute Gasteiger partial charge is 0.395 e. The van der Waals surface area contributed by atoms with Crippen molar-refractivity contribution in [2.45, 2.75) is 38.3 Å². The number of nitrogens with one attached hydrogen (secondary N) is 1. The number of aliphatic hydroxyl groups excluding tert-OH is 1. The summed E-state index contributed by atoms with van der Waals surface area (Å²) in [4.78, 5) is 11.9. The highest BCUT2D eigenvalue weighted by Crippen LogP contribution is 2.15. The molecule has 1 fully saturated rings. The Labute approximate surface area is 125 Å². The molecule has 1 unspecified atom stereocenters. The van der Waals surface area contributed by atoms with Crippen LogP contribution in [0.15, 0.2) is 24.3 Å². The molecule has 1 aliphatic heterocycles. The maximum absolute atomic E-state index is 11.9. The summed E-state index contributed by atoms with van der Waals surface area (Å²) in [5.41, 5.74) is 1.88. The van der Waals surface area contributed by atoms with Gasteiger partial charge < -0.3 is 15.2 Å². The standard InChI is InChI=1S/C17H21NO3/c19-10-4-3-7-14-6-1-2-8-15(14)13-18-17(20)12-16-9-5-11-21-16/h1-2,6,8,16,19H,4-5,9-13H2,(H,18,20). The van der Waals surface area contributed by atoms with Crippen LogP contribution >= 0.6 is 0 Å². The van der Waals surface area contributed by atoms with E-state index in [-0.39, 0.29) is 18.6 Å². The Bertz CT molecular complexity index is 524. The summed E-state index contributed by atoms with van der Waals surface area (Å²) in [5, 5.41) is 11.7. The van der Waals surface area contributed by atoms with E-state index in [2.05, 4.69) is 17.2 Å². The molecule has 1 aliphatic rings. The van der Waals surface area contributed by atoms with Gasteiger partial charge in [0, 0.05) is 25.1 Å². The van der Waals surface area contributed by atoms with Crippen molar-refractivity contribution in [2.75, 3.05) is 13.2 Å². The Balaban J connectivity index is 1.87. The molecule has 0 aromatic heterocycles. The molecule has 0 saturated carbocycles. The van der Waals surface area contributed by atoms with Crippen molar-refractivity contribution in [3.05, 3.63) is 35.4 Å². The van der Waals surface area contributed by atoms with E-state index in [9.17, 15) is 4.79 Å². The zero-order chi connectivity index (χ0) is 14.9. The quantitative estimate of drug-likeness (QED) is 0.809. The highest BCUT2D eigenvalue weighted by Gasteiger charge is 2.18. The molecule has 1 heterocycles. The maximum atomic E-state index is 11.9. The minimum absolute atomic E-state index is 0.0139.